The molecule has 1 heterocycles. The number of unbranched alkanes of at least 4 members (excludes halogenated alkanes) is 1. The Kier molecular flexibility index (Phi) is 9.59. The zero-order chi connectivity index (χ0) is 24.5. The second kappa shape index (κ2) is 12.6. The van der Waals surface area contributed by atoms with Crippen LogP contribution < -0.4 is 15.4 Å². The molecule has 2 amide bonds. The fourth-order valence-corrected chi connectivity index (χ4v) is 4.15. The van der Waals surface area contributed by atoms with Gasteiger partial charge in [0.25, 0.3) is 5.91 Å². The maximum absolute atomic E-state index is 13.1. The summed E-state index contributed by atoms with van der Waals surface area (Å²) in [5.41, 5.74) is 1.38. The van der Waals surface area contributed by atoms with E-state index >= 15 is 0 Å². The van der Waals surface area contributed by atoms with Crippen LogP contribution >= 0.6 is 27.3 Å². The molecule has 0 saturated heterocycles. The molecule has 3 rings (SSSR count). The third kappa shape index (κ3) is 7.11. The molecule has 9 heteroatoms. The summed E-state index contributed by atoms with van der Waals surface area (Å²) in [7, 11) is 0. The van der Waals surface area contributed by atoms with Crippen molar-refractivity contribution < 1.29 is 14.3 Å². The summed E-state index contributed by atoms with van der Waals surface area (Å²) in [6.07, 6.45) is 2.76. The minimum Gasteiger partial charge on any atom is -0.494 e. The highest BCUT2D eigenvalue weighted by Crippen LogP contribution is 2.27. The van der Waals surface area contributed by atoms with Crippen molar-refractivity contribution in [2.75, 3.05) is 11.9 Å². The summed E-state index contributed by atoms with van der Waals surface area (Å²) in [5, 5.41) is 15.1. The van der Waals surface area contributed by atoms with Crippen molar-refractivity contribution in [3.63, 3.8) is 0 Å². The molecular formula is C25H29BrN4O3S. The lowest BCUT2D eigenvalue weighted by Gasteiger charge is -2.23. The van der Waals surface area contributed by atoms with Crippen LogP contribution in [0.3, 0.4) is 0 Å². The van der Waals surface area contributed by atoms with Gasteiger partial charge in [-0.15, -0.1) is 10.2 Å². The molecule has 0 aliphatic rings. The second-order valence-electron chi connectivity index (χ2n) is 7.97. The van der Waals surface area contributed by atoms with E-state index in [-0.39, 0.29) is 17.7 Å². The lowest BCUT2D eigenvalue weighted by atomic mass is 9.98. The molecule has 2 atom stereocenters. The van der Waals surface area contributed by atoms with E-state index in [1.165, 1.54) is 11.3 Å². The minimum atomic E-state index is -0.710. The highest BCUT2D eigenvalue weighted by Gasteiger charge is 2.27. The van der Waals surface area contributed by atoms with Crippen LogP contribution in [0.5, 0.6) is 5.75 Å². The number of hydrogen-bond donors (Lipinski definition) is 2. The Morgan fingerprint density at radius 1 is 1.06 bits per heavy atom. The van der Waals surface area contributed by atoms with Crippen LogP contribution in [0.25, 0.3) is 10.6 Å². The van der Waals surface area contributed by atoms with E-state index in [9.17, 15) is 9.59 Å². The van der Waals surface area contributed by atoms with Gasteiger partial charge in [0, 0.05) is 15.6 Å². The predicted molar refractivity (Wildman–Crippen MR) is 139 cm³/mol. The third-order valence-electron chi connectivity index (χ3n) is 5.41. The van der Waals surface area contributed by atoms with E-state index in [0.29, 0.717) is 22.3 Å². The van der Waals surface area contributed by atoms with Crippen LogP contribution in [-0.4, -0.2) is 34.7 Å². The molecule has 2 aromatic carbocycles. The number of carbonyl (C=O) groups is 2. The highest BCUT2D eigenvalue weighted by atomic mass is 79.9. The van der Waals surface area contributed by atoms with Gasteiger partial charge in [0.15, 0.2) is 0 Å². The summed E-state index contributed by atoms with van der Waals surface area (Å²) in [4.78, 5) is 25.9. The van der Waals surface area contributed by atoms with Crippen molar-refractivity contribution in [2.45, 2.75) is 46.1 Å². The zero-order valence-electron chi connectivity index (χ0n) is 19.5. The normalized spacial score (nSPS) is 12.6. The summed E-state index contributed by atoms with van der Waals surface area (Å²) in [5.74, 6) is 0.0210. The monoisotopic (exact) mass is 544 g/mol. The van der Waals surface area contributed by atoms with Gasteiger partial charge in [-0.05, 0) is 48.7 Å². The Morgan fingerprint density at radius 3 is 2.41 bits per heavy atom. The van der Waals surface area contributed by atoms with Gasteiger partial charge in [-0.25, -0.2) is 0 Å². The molecule has 0 fully saturated rings. The molecule has 3 aromatic rings. The topological polar surface area (TPSA) is 93.2 Å². The second-order valence-corrected chi connectivity index (χ2v) is 9.86. The Bertz CT molecular complexity index is 1090. The van der Waals surface area contributed by atoms with Crippen LogP contribution in [0.4, 0.5) is 5.13 Å². The molecule has 2 N–H and O–H groups in total. The molecule has 0 aliphatic carbocycles. The van der Waals surface area contributed by atoms with Gasteiger partial charge in [0.2, 0.25) is 11.0 Å². The van der Waals surface area contributed by atoms with Gasteiger partial charge in [-0.1, -0.05) is 73.0 Å². The zero-order valence-corrected chi connectivity index (χ0v) is 21.9. The number of carbonyl (C=O) groups excluding carboxylic acids is 2. The fraction of sp³-hybridized carbons (Fsp3) is 0.360. The van der Waals surface area contributed by atoms with Gasteiger partial charge >= 0.3 is 0 Å². The Balaban J connectivity index is 1.65. The molecule has 0 spiro atoms. The van der Waals surface area contributed by atoms with Crippen molar-refractivity contribution in [1.82, 2.24) is 15.5 Å². The van der Waals surface area contributed by atoms with Gasteiger partial charge in [-0.3, -0.25) is 14.9 Å². The largest absolute Gasteiger partial charge is 0.494 e. The molecular weight excluding hydrogens is 516 g/mol. The number of aromatic nitrogens is 2. The number of hydrogen-bond acceptors (Lipinski definition) is 6. The maximum atomic E-state index is 13.1. The Labute approximate surface area is 212 Å². The van der Waals surface area contributed by atoms with Crippen molar-refractivity contribution >= 4 is 44.2 Å². The van der Waals surface area contributed by atoms with E-state index in [1.54, 1.807) is 24.3 Å². The van der Waals surface area contributed by atoms with E-state index in [2.05, 4.69) is 43.7 Å². The van der Waals surface area contributed by atoms with Crippen molar-refractivity contribution in [3.8, 4) is 16.3 Å². The number of benzene rings is 2. The average Bonchev–Trinajstić information content (AvgIpc) is 3.31. The maximum Gasteiger partial charge on any atom is 0.251 e. The molecule has 7 nitrogen and oxygen atoms in total. The standard InChI is InChI=1S/C25H29BrN4O3S/c1-4-6-15-33-20-13-9-17(10-14-20)22(31)27-21(16(3)5-2)23(32)28-25-30-29-24(34-25)18-7-11-19(26)12-8-18/h7-14,16,21H,4-6,15H2,1-3H3,(H,27,31)(H,28,30,32)/t16-,21+/m0/s1. The summed E-state index contributed by atoms with van der Waals surface area (Å²) in [6.45, 7) is 6.67. The first kappa shape index (κ1) is 25.8. The number of ether oxygens (including phenoxy) is 1. The average molecular weight is 546 g/mol. The van der Waals surface area contributed by atoms with Crippen LogP contribution in [0.2, 0.25) is 0 Å². The van der Waals surface area contributed by atoms with E-state index in [1.807, 2.05) is 38.1 Å². The first-order chi connectivity index (χ1) is 16.4. The van der Waals surface area contributed by atoms with Crippen molar-refractivity contribution in [2.24, 2.45) is 5.92 Å². The number of nitrogens with zero attached hydrogens (tertiary/aromatic N) is 2. The summed E-state index contributed by atoms with van der Waals surface area (Å²) < 4.78 is 6.62. The van der Waals surface area contributed by atoms with Gasteiger partial charge in [-0.2, -0.15) is 0 Å². The van der Waals surface area contributed by atoms with Gasteiger partial charge < -0.3 is 10.1 Å². The lowest BCUT2D eigenvalue weighted by Crippen LogP contribution is -2.47. The number of anilines is 1. The number of amides is 2. The lowest BCUT2D eigenvalue weighted by molar-refractivity contribution is -0.119. The molecule has 34 heavy (non-hydrogen) atoms. The molecule has 0 bridgehead atoms. The van der Waals surface area contributed by atoms with Gasteiger partial charge in [0.05, 0.1) is 6.61 Å². The molecule has 0 radical (unpaired) electrons. The Morgan fingerprint density at radius 2 is 1.76 bits per heavy atom. The SMILES string of the molecule is CCCCOc1ccc(C(=O)N[C@@H](C(=O)Nc2nnc(-c3ccc(Br)cc3)s2)[C@@H](C)CC)cc1. The van der Waals surface area contributed by atoms with Gasteiger partial charge in [0.1, 0.15) is 16.8 Å². The first-order valence-corrected chi connectivity index (χ1v) is 13.0. The molecule has 0 unspecified atom stereocenters. The quantitative estimate of drug-likeness (QED) is 0.292. The van der Waals surface area contributed by atoms with Crippen LogP contribution in [0.1, 0.15) is 50.4 Å². The number of rotatable bonds is 11. The third-order valence-corrected chi connectivity index (χ3v) is 6.83. The van der Waals surface area contributed by atoms with Crippen molar-refractivity contribution in [3.05, 3.63) is 58.6 Å². The minimum absolute atomic E-state index is 0.0699. The molecule has 0 aliphatic heterocycles. The van der Waals surface area contributed by atoms with E-state index in [4.69, 9.17) is 4.74 Å². The number of halogens is 1. The fourth-order valence-electron chi connectivity index (χ4n) is 3.13. The molecule has 1 aromatic heterocycles. The first-order valence-electron chi connectivity index (χ1n) is 11.3. The highest BCUT2D eigenvalue weighted by molar-refractivity contribution is 9.10. The van der Waals surface area contributed by atoms with E-state index < -0.39 is 6.04 Å². The molecule has 0 saturated carbocycles. The van der Waals surface area contributed by atoms with Crippen LogP contribution in [0.15, 0.2) is 53.0 Å². The van der Waals surface area contributed by atoms with Crippen LogP contribution in [0, 0.1) is 5.92 Å². The summed E-state index contributed by atoms with van der Waals surface area (Å²) in [6, 6.07) is 14.0. The van der Waals surface area contributed by atoms with E-state index in [0.717, 1.165) is 35.0 Å². The van der Waals surface area contributed by atoms with Crippen LogP contribution in [-0.2, 0) is 4.79 Å². The predicted octanol–water partition coefficient (Wildman–Crippen LogP) is 5.93. The smallest absolute Gasteiger partial charge is 0.251 e. The number of nitrogens with one attached hydrogen (secondary N) is 2. The van der Waals surface area contributed by atoms with Crippen molar-refractivity contribution in [1.29, 1.82) is 0 Å². The Hall–Kier alpha value is -2.78. The molecule has 180 valence electrons. The summed E-state index contributed by atoms with van der Waals surface area (Å²) >= 11 is 4.70.